The van der Waals surface area contributed by atoms with Crippen LogP contribution >= 0.6 is 7.82 Å². The van der Waals surface area contributed by atoms with E-state index in [0.29, 0.717) is 0 Å². The molecule has 0 fully saturated rings. The summed E-state index contributed by atoms with van der Waals surface area (Å²) in [4.78, 5) is 22.9. The average molecular weight is 255 g/mol. The lowest BCUT2D eigenvalue weighted by Crippen LogP contribution is -2.41. The number of phosphoric acid groups is 1. The lowest BCUT2D eigenvalue weighted by Gasteiger charge is -2.29. The smallest absolute Gasteiger partial charge is 0.262 e. The average Bonchev–Trinajstić information content (AvgIpc) is 2.09. The Morgan fingerprint density at radius 1 is 1.06 bits per heavy atom. The third-order valence-corrected chi connectivity index (χ3v) is 2.23. The van der Waals surface area contributed by atoms with Crippen molar-refractivity contribution >= 4 is 7.82 Å². The first-order valence-electron chi connectivity index (χ1n) is 5.71. The Bertz CT molecular complexity index is 185. The van der Waals surface area contributed by atoms with Gasteiger partial charge in [-0.3, -0.25) is 4.57 Å². The molecular weight excluding hydrogens is 229 g/mol. The van der Waals surface area contributed by atoms with E-state index in [9.17, 15) is 0 Å². The van der Waals surface area contributed by atoms with E-state index in [2.05, 4.69) is 27.9 Å². The molecule has 5 nitrogen and oxygen atoms in total. The maximum absolute atomic E-state index is 8.77. The number of rotatable bonds is 6. The molecule has 0 amide bonds. The molecule has 0 rings (SSSR count). The van der Waals surface area contributed by atoms with Crippen LogP contribution in [0, 0.1) is 0 Å². The van der Waals surface area contributed by atoms with Gasteiger partial charge in [0.15, 0.2) is 0 Å². The summed E-state index contributed by atoms with van der Waals surface area (Å²) in [7, 11) is -0.212. The zero-order valence-electron chi connectivity index (χ0n) is 10.8. The number of hydrogen-bond acceptors (Lipinski definition) is 2. The van der Waals surface area contributed by atoms with Crippen LogP contribution < -0.4 is 4.89 Å². The van der Waals surface area contributed by atoms with E-state index in [1.807, 2.05) is 0 Å². The van der Waals surface area contributed by atoms with E-state index in [1.165, 1.54) is 43.3 Å². The van der Waals surface area contributed by atoms with Gasteiger partial charge in [-0.15, -0.1) is 0 Å². The second kappa shape index (κ2) is 9.14. The zero-order valence-corrected chi connectivity index (χ0v) is 11.7. The van der Waals surface area contributed by atoms with Crippen molar-refractivity contribution in [1.82, 2.24) is 0 Å². The van der Waals surface area contributed by atoms with Gasteiger partial charge in [0.2, 0.25) is 0 Å². The summed E-state index contributed by atoms with van der Waals surface area (Å²) in [6.45, 7) is 7.21. The van der Waals surface area contributed by atoms with Gasteiger partial charge in [-0.25, -0.2) is 0 Å². The normalized spacial score (nSPS) is 11.9. The minimum absolute atomic E-state index is 1.21. The largest absolute Gasteiger partial charge is 0.756 e. The summed E-state index contributed by atoms with van der Waals surface area (Å²) in [5, 5.41) is 0. The lowest BCUT2D eigenvalue weighted by atomic mass is 10.2. The van der Waals surface area contributed by atoms with Gasteiger partial charge >= 0.3 is 0 Å². The highest BCUT2D eigenvalue weighted by molar-refractivity contribution is 7.43. The molecule has 0 heterocycles. The van der Waals surface area contributed by atoms with Crippen molar-refractivity contribution < 1.29 is 23.7 Å². The van der Waals surface area contributed by atoms with Crippen LogP contribution in [0.5, 0.6) is 0 Å². The molecule has 16 heavy (non-hydrogen) atoms. The van der Waals surface area contributed by atoms with E-state index in [4.69, 9.17) is 19.2 Å². The quantitative estimate of drug-likeness (QED) is 0.550. The van der Waals surface area contributed by atoms with Gasteiger partial charge in [0, 0.05) is 0 Å². The Kier molecular flexibility index (Phi) is 10.5. The molecule has 0 radical (unpaired) electrons. The molecule has 0 spiro atoms. The van der Waals surface area contributed by atoms with Crippen molar-refractivity contribution in [2.24, 2.45) is 0 Å². The summed E-state index contributed by atoms with van der Waals surface area (Å²) in [6, 6.07) is 0. The molecule has 0 unspecified atom stereocenters. The Labute approximate surface area is 98.9 Å². The Morgan fingerprint density at radius 2 is 1.31 bits per heavy atom. The van der Waals surface area contributed by atoms with Gasteiger partial charge in [0.25, 0.3) is 7.82 Å². The molecule has 0 aromatic heterocycles. The third-order valence-electron chi connectivity index (χ3n) is 2.23. The van der Waals surface area contributed by atoms with Crippen LogP contribution in [0.25, 0.3) is 0 Å². The summed E-state index contributed by atoms with van der Waals surface area (Å²) in [5.41, 5.74) is 0. The molecule has 0 aliphatic heterocycles. The standard InChI is InChI=1S/C10H24N.H3O4P/c1-5-7-9-11(3,4)10-8-6-2;1-5(2,3)4/h5-10H2,1-4H3;(H3,1,2,3,4)/q+1;/p-1. The predicted molar refractivity (Wildman–Crippen MR) is 63.7 cm³/mol. The lowest BCUT2D eigenvalue weighted by molar-refractivity contribution is -0.890. The van der Waals surface area contributed by atoms with Gasteiger partial charge in [-0.05, 0) is 12.8 Å². The van der Waals surface area contributed by atoms with Crippen LogP contribution in [-0.2, 0) is 4.57 Å². The van der Waals surface area contributed by atoms with Gasteiger partial charge in [-0.2, -0.15) is 0 Å². The number of nitrogens with zero attached hydrogens (tertiary/aromatic N) is 1. The molecule has 2 N–H and O–H groups in total. The summed E-state index contributed by atoms with van der Waals surface area (Å²) in [6.07, 6.45) is 5.40. The summed E-state index contributed by atoms with van der Waals surface area (Å²) < 4.78 is 9.98. The molecule has 100 valence electrons. The van der Waals surface area contributed by atoms with Crippen molar-refractivity contribution in [1.29, 1.82) is 0 Å². The Hall–Kier alpha value is 0.0700. The van der Waals surface area contributed by atoms with E-state index in [-0.39, 0.29) is 0 Å². The van der Waals surface area contributed by atoms with Crippen LogP contribution in [0.3, 0.4) is 0 Å². The van der Waals surface area contributed by atoms with Gasteiger partial charge in [0.1, 0.15) is 0 Å². The molecule has 0 atom stereocenters. The fourth-order valence-electron chi connectivity index (χ4n) is 1.28. The SMILES string of the molecule is CCCC[N+](C)(C)CCCC.O=P([O-])(O)O. The number of hydrogen-bond donors (Lipinski definition) is 2. The van der Waals surface area contributed by atoms with E-state index >= 15 is 0 Å². The monoisotopic (exact) mass is 255 g/mol. The van der Waals surface area contributed by atoms with Crippen LogP contribution in [-0.4, -0.2) is 41.5 Å². The maximum Gasteiger partial charge on any atom is 0.262 e. The van der Waals surface area contributed by atoms with Gasteiger partial charge in [-0.1, -0.05) is 26.7 Å². The van der Waals surface area contributed by atoms with E-state index in [1.54, 1.807) is 0 Å². The molecule has 0 bridgehead atoms. The fraction of sp³-hybridized carbons (Fsp3) is 1.00. The summed E-state index contributed by atoms with van der Waals surface area (Å²) in [5.74, 6) is 0. The van der Waals surface area contributed by atoms with Crippen LogP contribution in [0.4, 0.5) is 0 Å². The molecule has 0 aliphatic rings. The molecule has 6 heteroatoms. The Morgan fingerprint density at radius 3 is 1.50 bits per heavy atom. The maximum atomic E-state index is 8.77. The van der Waals surface area contributed by atoms with E-state index < -0.39 is 7.82 Å². The van der Waals surface area contributed by atoms with Gasteiger partial charge < -0.3 is 19.2 Å². The highest BCUT2D eigenvalue weighted by atomic mass is 31.2. The molecule has 0 aliphatic carbocycles. The first kappa shape index (κ1) is 18.4. The molecule has 0 saturated carbocycles. The van der Waals surface area contributed by atoms with Crippen molar-refractivity contribution in [3.8, 4) is 0 Å². The molecular formula is C10H26NO4P. The van der Waals surface area contributed by atoms with Crippen molar-refractivity contribution in [2.45, 2.75) is 39.5 Å². The van der Waals surface area contributed by atoms with Crippen molar-refractivity contribution in [3.05, 3.63) is 0 Å². The minimum Gasteiger partial charge on any atom is -0.756 e. The highest BCUT2D eigenvalue weighted by Crippen LogP contribution is 2.18. The molecule has 0 aromatic rings. The number of quaternary nitrogens is 1. The zero-order chi connectivity index (χ0) is 13.2. The van der Waals surface area contributed by atoms with Crippen LogP contribution in [0.1, 0.15) is 39.5 Å². The predicted octanol–water partition coefficient (Wildman–Crippen LogP) is 1.10. The highest BCUT2D eigenvalue weighted by Gasteiger charge is 2.11. The third kappa shape index (κ3) is 23.7. The second-order valence-electron chi connectivity index (χ2n) is 4.58. The van der Waals surface area contributed by atoms with E-state index in [0.717, 1.165) is 0 Å². The second-order valence-corrected chi connectivity index (χ2v) is 5.56. The van der Waals surface area contributed by atoms with Crippen LogP contribution in [0.15, 0.2) is 0 Å². The van der Waals surface area contributed by atoms with Crippen molar-refractivity contribution in [2.75, 3.05) is 27.2 Å². The Balaban J connectivity index is 0. The minimum atomic E-state index is -4.89. The number of unbranched alkanes of at least 4 members (excludes halogenated alkanes) is 2. The first-order chi connectivity index (χ1) is 7.12. The van der Waals surface area contributed by atoms with Crippen LogP contribution in [0.2, 0.25) is 0 Å². The van der Waals surface area contributed by atoms with Crippen molar-refractivity contribution in [3.63, 3.8) is 0 Å². The van der Waals surface area contributed by atoms with Gasteiger partial charge in [0.05, 0.1) is 27.2 Å². The summed E-state index contributed by atoms with van der Waals surface area (Å²) >= 11 is 0. The fourth-order valence-corrected chi connectivity index (χ4v) is 1.28. The molecule has 0 saturated heterocycles. The topological polar surface area (TPSA) is 80.6 Å². The first-order valence-corrected chi connectivity index (χ1v) is 7.24. The molecule has 0 aromatic carbocycles.